The highest BCUT2D eigenvalue weighted by atomic mass is 16.3. The minimum atomic E-state index is 0.376. The lowest BCUT2D eigenvalue weighted by Gasteiger charge is -2.36. The van der Waals surface area contributed by atoms with Crippen molar-refractivity contribution in [1.82, 2.24) is 4.90 Å². The van der Waals surface area contributed by atoms with Crippen molar-refractivity contribution >= 4 is 0 Å². The highest BCUT2D eigenvalue weighted by Gasteiger charge is 2.26. The Morgan fingerprint density at radius 1 is 1.05 bits per heavy atom. The lowest BCUT2D eigenvalue weighted by atomic mass is 9.91. The summed E-state index contributed by atoms with van der Waals surface area (Å²) >= 11 is 0. The highest BCUT2D eigenvalue weighted by molar-refractivity contribution is 5.60. The largest absolute Gasteiger partial charge is 0.446 e. The normalized spacial score (nSPS) is 19.0. The van der Waals surface area contributed by atoms with Crippen molar-refractivity contribution in [3.8, 4) is 17.4 Å². The average molecular weight is 292 g/mol. The van der Waals surface area contributed by atoms with E-state index in [4.69, 9.17) is 9.68 Å². The number of nitriles is 1. The summed E-state index contributed by atoms with van der Waals surface area (Å²) in [6.07, 6.45) is 6.42. The number of benzene rings is 1. The zero-order chi connectivity index (χ0) is 14.9. The number of hydrogen-bond donors (Lipinski definition) is 0. The number of fused-ring (bicyclic) bond motifs is 1. The Morgan fingerprint density at radius 3 is 2.55 bits per heavy atom. The Hall–Kier alpha value is -2.05. The molecule has 0 N–H and O–H groups in total. The van der Waals surface area contributed by atoms with E-state index in [0.717, 1.165) is 30.2 Å². The molecule has 0 saturated heterocycles. The van der Waals surface area contributed by atoms with Crippen LogP contribution in [0.3, 0.4) is 0 Å². The summed E-state index contributed by atoms with van der Waals surface area (Å²) in [4.78, 5) is 2.67. The molecule has 0 radical (unpaired) electrons. The number of rotatable bonds is 2. The molecule has 0 unspecified atom stereocenters. The molecule has 1 aromatic heterocycles. The summed E-state index contributed by atoms with van der Waals surface area (Å²) in [6.45, 7) is 2.36. The summed E-state index contributed by atoms with van der Waals surface area (Å²) in [7, 11) is 0. The molecule has 2 heterocycles. The molecule has 22 heavy (non-hydrogen) atoms. The van der Waals surface area contributed by atoms with Gasteiger partial charge in [0.25, 0.3) is 0 Å². The van der Waals surface area contributed by atoms with Crippen LogP contribution in [0.5, 0.6) is 0 Å². The van der Waals surface area contributed by atoms with Gasteiger partial charge in [0.05, 0.1) is 0 Å². The summed E-state index contributed by atoms with van der Waals surface area (Å²) < 4.78 is 5.56. The Labute approximate surface area is 131 Å². The van der Waals surface area contributed by atoms with Crippen molar-refractivity contribution in [2.45, 2.75) is 38.1 Å². The van der Waals surface area contributed by atoms with Crippen LogP contribution in [0, 0.1) is 11.3 Å². The van der Waals surface area contributed by atoms with E-state index in [0.29, 0.717) is 5.76 Å². The molecule has 2 aromatic rings. The van der Waals surface area contributed by atoms with Crippen molar-refractivity contribution < 1.29 is 4.42 Å². The molecular formula is C19H20N2O. The fraction of sp³-hybridized carbons (Fsp3) is 0.421. The van der Waals surface area contributed by atoms with Gasteiger partial charge < -0.3 is 4.42 Å². The second-order valence-electron chi connectivity index (χ2n) is 6.38. The maximum absolute atomic E-state index is 8.89. The first-order valence-electron chi connectivity index (χ1n) is 8.19. The van der Waals surface area contributed by atoms with Gasteiger partial charge in [-0.05, 0) is 55.0 Å². The second-order valence-corrected chi connectivity index (χ2v) is 6.38. The molecule has 1 aliphatic heterocycles. The molecule has 0 bridgehead atoms. The molecule has 0 atom stereocenters. The van der Waals surface area contributed by atoms with Gasteiger partial charge in [0.15, 0.2) is 0 Å². The van der Waals surface area contributed by atoms with Gasteiger partial charge in [-0.3, -0.25) is 4.90 Å². The molecule has 1 saturated carbocycles. The van der Waals surface area contributed by atoms with Gasteiger partial charge in [0.1, 0.15) is 11.8 Å². The summed E-state index contributed by atoms with van der Waals surface area (Å²) in [5.74, 6) is 1.17. The summed E-state index contributed by atoms with van der Waals surface area (Å²) in [5, 5.41) is 8.89. The maximum atomic E-state index is 8.89. The molecular weight excluding hydrogens is 272 g/mol. The van der Waals surface area contributed by atoms with Crippen LogP contribution in [-0.4, -0.2) is 24.0 Å². The van der Waals surface area contributed by atoms with Gasteiger partial charge in [-0.1, -0.05) is 18.6 Å². The Bertz CT molecular complexity index is 721. The van der Waals surface area contributed by atoms with Gasteiger partial charge >= 0.3 is 0 Å². The van der Waals surface area contributed by atoms with Crippen LogP contribution in [0.4, 0.5) is 0 Å². The predicted octanol–water partition coefficient (Wildman–Crippen LogP) is 3.77. The van der Waals surface area contributed by atoms with Crippen molar-refractivity contribution in [2.24, 2.45) is 0 Å². The first kappa shape index (κ1) is 13.6. The van der Waals surface area contributed by atoms with E-state index in [1.54, 1.807) is 6.07 Å². The quantitative estimate of drug-likeness (QED) is 0.846. The first-order valence-corrected chi connectivity index (χ1v) is 8.19. The van der Waals surface area contributed by atoms with Crippen molar-refractivity contribution in [3.05, 3.63) is 47.2 Å². The summed E-state index contributed by atoms with van der Waals surface area (Å²) in [5.41, 5.74) is 3.99. The van der Waals surface area contributed by atoms with Gasteiger partial charge in [-0.15, -0.1) is 0 Å². The van der Waals surface area contributed by atoms with E-state index >= 15 is 0 Å². The molecule has 112 valence electrons. The van der Waals surface area contributed by atoms with E-state index < -0.39 is 0 Å². The van der Waals surface area contributed by atoms with E-state index in [9.17, 15) is 0 Å². The molecule has 3 heteroatoms. The Kier molecular flexibility index (Phi) is 3.48. The van der Waals surface area contributed by atoms with Crippen LogP contribution in [-0.2, 0) is 12.8 Å². The van der Waals surface area contributed by atoms with E-state index in [2.05, 4.69) is 23.1 Å². The van der Waals surface area contributed by atoms with Crippen LogP contribution < -0.4 is 0 Å². The third kappa shape index (κ3) is 2.44. The third-order valence-corrected chi connectivity index (χ3v) is 5.13. The van der Waals surface area contributed by atoms with Crippen LogP contribution >= 0.6 is 0 Å². The Morgan fingerprint density at radius 2 is 1.86 bits per heavy atom. The van der Waals surface area contributed by atoms with Crippen LogP contribution in [0.1, 0.15) is 36.1 Å². The number of nitrogens with zero attached hydrogens (tertiary/aromatic N) is 2. The lowest BCUT2D eigenvalue weighted by Crippen LogP contribution is -2.41. The highest BCUT2D eigenvalue weighted by Crippen LogP contribution is 2.29. The molecule has 4 rings (SSSR count). The fourth-order valence-electron chi connectivity index (χ4n) is 3.57. The lowest BCUT2D eigenvalue weighted by molar-refractivity contribution is 0.133. The zero-order valence-electron chi connectivity index (χ0n) is 12.7. The fourth-order valence-corrected chi connectivity index (χ4v) is 3.57. The number of furan rings is 1. The minimum Gasteiger partial charge on any atom is -0.446 e. The first-order chi connectivity index (χ1) is 10.8. The van der Waals surface area contributed by atoms with E-state index in [1.807, 2.05) is 12.1 Å². The minimum absolute atomic E-state index is 0.376. The van der Waals surface area contributed by atoms with Gasteiger partial charge in [-0.2, -0.15) is 5.26 Å². The summed E-state index contributed by atoms with van der Waals surface area (Å²) in [6, 6.07) is 13.1. The molecule has 1 aromatic carbocycles. The molecule has 1 fully saturated rings. The monoisotopic (exact) mass is 292 g/mol. The van der Waals surface area contributed by atoms with Crippen LogP contribution in [0.2, 0.25) is 0 Å². The van der Waals surface area contributed by atoms with Crippen molar-refractivity contribution in [3.63, 3.8) is 0 Å². The second kappa shape index (κ2) is 5.62. The maximum Gasteiger partial charge on any atom is 0.204 e. The molecule has 0 spiro atoms. The third-order valence-electron chi connectivity index (χ3n) is 5.13. The Balaban J connectivity index is 1.57. The molecule has 3 nitrogen and oxygen atoms in total. The molecule has 0 amide bonds. The zero-order valence-corrected chi connectivity index (χ0v) is 12.7. The molecule has 2 aliphatic rings. The number of hydrogen-bond acceptors (Lipinski definition) is 3. The van der Waals surface area contributed by atoms with Crippen molar-refractivity contribution in [1.29, 1.82) is 5.26 Å². The molecule has 1 aliphatic carbocycles. The average Bonchev–Trinajstić information content (AvgIpc) is 2.88. The van der Waals surface area contributed by atoms with E-state index in [1.165, 1.54) is 43.5 Å². The van der Waals surface area contributed by atoms with Crippen LogP contribution in [0.15, 0.2) is 34.7 Å². The topological polar surface area (TPSA) is 40.2 Å². The predicted molar refractivity (Wildman–Crippen MR) is 85.5 cm³/mol. The van der Waals surface area contributed by atoms with E-state index in [-0.39, 0.29) is 0 Å². The standard InChI is InChI=1S/C19H20N2O/c20-13-18-6-7-19(22-18)16-5-4-14-8-10-21(17-2-1-3-17)11-9-15(14)12-16/h4-7,12,17H,1-3,8-11H2. The van der Waals surface area contributed by atoms with Gasteiger partial charge in [0.2, 0.25) is 5.76 Å². The smallest absolute Gasteiger partial charge is 0.204 e. The SMILES string of the molecule is N#Cc1ccc(-c2ccc3c(c2)CCN(C2CCC2)CC3)o1. The van der Waals surface area contributed by atoms with Crippen LogP contribution in [0.25, 0.3) is 11.3 Å². The van der Waals surface area contributed by atoms with Gasteiger partial charge in [0, 0.05) is 24.7 Å². The van der Waals surface area contributed by atoms with Gasteiger partial charge in [-0.25, -0.2) is 0 Å². The van der Waals surface area contributed by atoms with Crippen molar-refractivity contribution in [2.75, 3.05) is 13.1 Å².